The van der Waals surface area contributed by atoms with Crippen LogP contribution in [0, 0.1) is 5.79 Å². The second-order valence-corrected chi connectivity index (χ2v) is 17.2. The first kappa shape index (κ1) is 21.9. The molecule has 1 aromatic carbocycles. The lowest BCUT2D eigenvalue weighted by molar-refractivity contribution is 0.554. The summed E-state index contributed by atoms with van der Waals surface area (Å²) in [7, 11) is -0.0379. The van der Waals surface area contributed by atoms with Gasteiger partial charge >= 0.3 is 0 Å². The molecule has 136 valence electrons. The summed E-state index contributed by atoms with van der Waals surface area (Å²) in [5.74, 6) is 3.83. The average molecular weight is 362 g/mol. The summed E-state index contributed by atoms with van der Waals surface area (Å²) < 4.78 is 0. The molecule has 0 nitrogen and oxygen atoms in total. The summed E-state index contributed by atoms with van der Waals surface area (Å²) in [6, 6.07) is 4.92. The smallest absolute Gasteiger partial charge is 0.0182 e. The van der Waals surface area contributed by atoms with E-state index in [0.717, 1.165) is 0 Å². The van der Waals surface area contributed by atoms with Crippen LogP contribution in [0.2, 0.25) is 19.6 Å². The van der Waals surface area contributed by atoms with E-state index in [9.17, 15) is 0 Å². The van der Waals surface area contributed by atoms with Crippen LogP contribution in [0.3, 0.4) is 0 Å². The highest BCUT2D eigenvalue weighted by molar-refractivity contribution is 7.53. The van der Waals surface area contributed by atoms with Gasteiger partial charge in [0.1, 0.15) is 0 Å². The molecule has 0 N–H and O–H groups in total. The highest BCUT2D eigenvalue weighted by Gasteiger charge is 2.25. The molecule has 24 heavy (non-hydrogen) atoms. The summed E-state index contributed by atoms with van der Waals surface area (Å²) >= 11 is 0. The second-order valence-electron chi connectivity index (χ2n) is 11.1. The standard InChI is InChI=1S/C22H38PSi/c1-20(2,3)16-13-17(21(4,5)6)19(23-15-24(10,11)12)18(14-16)22(7,8)9/h13-14H,1-12H3/q-1. The Kier molecular flexibility index (Phi) is 6.28. The van der Waals surface area contributed by atoms with Crippen LogP contribution in [0.15, 0.2) is 12.1 Å². The van der Waals surface area contributed by atoms with Crippen molar-refractivity contribution in [2.24, 2.45) is 0 Å². The SMILES string of the molecule is CC(C)(C)c1cc(C(C)(C)C)c([P-][C][Si](C)(C)C)c(C(C)(C)C)c1. The van der Waals surface area contributed by atoms with Gasteiger partial charge in [0.05, 0.1) is 0 Å². The molecule has 1 rings (SSSR count). The van der Waals surface area contributed by atoms with Crippen molar-refractivity contribution in [3.05, 3.63) is 34.6 Å². The van der Waals surface area contributed by atoms with Gasteiger partial charge in [-0.3, -0.25) is 0 Å². The Morgan fingerprint density at radius 3 is 1.33 bits per heavy atom. The van der Waals surface area contributed by atoms with Gasteiger partial charge in [-0.05, 0) is 21.8 Å². The molecule has 0 bridgehead atoms. The molecule has 0 amide bonds. The van der Waals surface area contributed by atoms with Crippen LogP contribution >= 0.6 is 8.58 Å². The number of benzene rings is 1. The molecule has 2 radical (unpaired) electrons. The highest BCUT2D eigenvalue weighted by Crippen LogP contribution is 2.38. The van der Waals surface area contributed by atoms with Crippen molar-refractivity contribution in [2.45, 2.75) is 98.2 Å². The van der Waals surface area contributed by atoms with E-state index in [1.165, 1.54) is 30.6 Å². The van der Waals surface area contributed by atoms with Crippen LogP contribution in [0.4, 0.5) is 0 Å². The molecular weight excluding hydrogens is 323 g/mol. The Labute approximate surface area is 155 Å². The Morgan fingerprint density at radius 2 is 1.08 bits per heavy atom. The van der Waals surface area contributed by atoms with E-state index in [1.807, 2.05) is 0 Å². The molecule has 0 aromatic heterocycles. The maximum atomic E-state index is 3.83. The van der Waals surface area contributed by atoms with Gasteiger partial charge in [0, 0.05) is 8.07 Å². The quantitative estimate of drug-likeness (QED) is 0.399. The first-order valence-corrected chi connectivity index (χ1v) is 13.5. The molecule has 2 heteroatoms. The fourth-order valence-electron chi connectivity index (χ4n) is 2.55. The van der Waals surface area contributed by atoms with Crippen molar-refractivity contribution in [3.8, 4) is 0 Å². The zero-order valence-corrected chi connectivity index (χ0v) is 20.0. The first-order chi connectivity index (χ1) is 10.4. The molecule has 0 saturated heterocycles. The minimum absolute atomic E-state index is 0.144. The molecule has 0 unspecified atom stereocenters. The van der Waals surface area contributed by atoms with E-state index < -0.39 is 8.07 Å². The zero-order valence-electron chi connectivity index (χ0n) is 18.1. The summed E-state index contributed by atoms with van der Waals surface area (Å²) in [4.78, 5) is 0. The maximum Gasteiger partial charge on any atom is 0.0182 e. The third-order valence-corrected chi connectivity index (χ3v) is 7.93. The van der Waals surface area contributed by atoms with Gasteiger partial charge in [-0.1, -0.05) is 105 Å². The van der Waals surface area contributed by atoms with Crippen LogP contribution < -0.4 is 5.30 Å². The van der Waals surface area contributed by atoms with E-state index >= 15 is 0 Å². The molecule has 0 heterocycles. The summed E-state index contributed by atoms with van der Waals surface area (Å²) in [5, 5.41) is 1.49. The van der Waals surface area contributed by atoms with Gasteiger partial charge in [-0.15, -0.1) is 0 Å². The largest absolute Gasteiger partial charge is 0.506 e. The number of rotatable bonds is 3. The summed E-state index contributed by atoms with van der Waals surface area (Å²) in [6.45, 7) is 28.1. The predicted molar refractivity (Wildman–Crippen MR) is 116 cm³/mol. The van der Waals surface area contributed by atoms with Crippen molar-refractivity contribution >= 4 is 22.0 Å². The Balaban J connectivity index is 3.68. The maximum absolute atomic E-state index is 3.83. The fourth-order valence-corrected chi connectivity index (χ4v) is 5.38. The lowest BCUT2D eigenvalue weighted by Gasteiger charge is -2.41. The minimum Gasteiger partial charge on any atom is -0.506 e. The summed E-state index contributed by atoms with van der Waals surface area (Å²) in [6.07, 6.45) is 0. The van der Waals surface area contributed by atoms with E-state index in [1.54, 1.807) is 0 Å². The molecule has 0 spiro atoms. The number of hydrogen-bond acceptors (Lipinski definition) is 0. The van der Waals surface area contributed by atoms with Crippen molar-refractivity contribution < 1.29 is 0 Å². The topological polar surface area (TPSA) is 0 Å². The van der Waals surface area contributed by atoms with E-state index in [-0.39, 0.29) is 16.2 Å². The van der Waals surface area contributed by atoms with Gasteiger partial charge in [0.2, 0.25) is 0 Å². The summed E-state index contributed by atoms with van der Waals surface area (Å²) in [5.41, 5.74) is 4.89. The van der Waals surface area contributed by atoms with Crippen LogP contribution in [0.25, 0.3) is 0 Å². The van der Waals surface area contributed by atoms with Crippen LogP contribution in [0.1, 0.15) is 79.0 Å². The van der Waals surface area contributed by atoms with Crippen molar-refractivity contribution in [1.82, 2.24) is 0 Å². The second kappa shape index (κ2) is 6.88. The Bertz CT molecular complexity index is 537. The van der Waals surface area contributed by atoms with Gasteiger partial charge in [-0.25, -0.2) is 5.79 Å². The minimum atomic E-state index is -1.32. The molecule has 0 aliphatic rings. The van der Waals surface area contributed by atoms with Crippen molar-refractivity contribution in [2.75, 3.05) is 0 Å². The number of hydrogen-bond donors (Lipinski definition) is 0. The average Bonchev–Trinajstić information content (AvgIpc) is 2.30. The molecule has 0 aliphatic carbocycles. The van der Waals surface area contributed by atoms with Crippen molar-refractivity contribution in [3.63, 3.8) is 0 Å². The lowest BCUT2D eigenvalue weighted by Crippen LogP contribution is -2.31. The third-order valence-electron chi connectivity index (χ3n) is 4.10. The molecule has 0 saturated carbocycles. The Hall–Kier alpha value is -0.133. The molecule has 0 atom stereocenters. The highest BCUT2D eigenvalue weighted by atomic mass is 31.1. The van der Waals surface area contributed by atoms with E-state index in [4.69, 9.17) is 0 Å². The fraction of sp³-hybridized carbons (Fsp3) is 0.682. The normalized spacial score (nSPS) is 14.7. The molecule has 0 aliphatic heterocycles. The van der Waals surface area contributed by atoms with Gasteiger partial charge in [-0.2, -0.15) is 5.30 Å². The van der Waals surface area contributed by atoms with Crippen molar-refractivity contribution in [1.29, 1.82) is 0 Å². The Morgan fingerprint density at radius 1 is 0.708 bits per heavy atom. The molecular formula is C22H38PSi-. The van der Waals surface area contributed by atoms with Gasteiger partial charge < -0.3 is 8.58 Å². The lowest BCUT2D eigenvalue weighted by atomic mass is 9.75. The van der Waals surface area contributed by atoms with E-state index in [0.29, 0.717) is 0 Å². The van der Waals surface area contributed by atoms with Gasteiger partial charge in [0.15, 0.2) is 0 Å². The first-order valence-electron chi connectivity index (χ1n) is 9.10. The van der Waals surface area contributed by atoms with E-state index in [2.05, 4.69) is 99.9 Å². The van der Waals surface area contributed by atoms with Gasteiger partial charge in [0.25, 0.3) is 0 Å². The predicted octanol–water partition coefficient (Wildman–Crippen LogP) is 7.07. The monoisotopic (exact) mass is 361 g/mol. The third kappa shape index (κ3) is 5.99. The molecule has 1 aromatic rings. The van der Waals surface area contributed by atoms with Crippen LogP contribution in [-0.4, -0.2) is 8.07 Å². The zero-order chi connectivity index (χ0) is 19.1. The van der Waals surface area contributed by atoms with Crippen LogP contribution in [0.5, 0.6) is 0 Å². The van der Waals surface area contributed by atoms with Crippen LogP contribution in [-0.2, 0) is 16.2 Å². The molecule has 0 fully saturated rings.